The minimum atomic E-state index is 0.434. The Morgan fingerprint density at radius 2 is 2.10 bits per heavy atom. The average Bonchev–Trinajstić information content (AvgIpc) is 2.99. The zero-order valence-corrected chi connectivity index (χ0v) is 13.1. The summed E-state index contributed by atoms with van der Waals surface area (Å²) >= 11 is 7.73. The number of halogens is 1. The van der Waals surface area contributed by atoms with E-state index in [2.05, 4.69) is 45.0 Å². The number of imidazole rings is 1. The van der Waals surface area contributed by atoms with E-state index in [0.717, 1.165) is 40.5 Å². The zero-order chi connectivity index (χ0) is 14.1. The van der Waals surface area contributed by atoms with Gasteiger partial charge >= 0.3 is 0 Å². The second-order valence-corrected chi connectivity index (χ2v) is 6.24. The fourth-order valence-electron chi connectivity index (χ4n) is 2.39. The number of aromatic nitrogens is 3. The molecule has 0 aliphatic carbocycles. The number of thiazole rings is 1. The molecule has 2 heterocycles. The van der Waals surface area contributed by atoms with Crippen molar-refractivity contribution in [2.24, 2.45) is 0 Å². The number of fused-ring (bicyclic) bond motifs is 1. The first kappa shape index (κ1) is 13.6. The fourth-order valence-corrected chi connectivity index (χ4v) is 3.24. The topological polar surface area (TPSA) is 30.7 Å². The fraction of sp³-hybridized carbons (Fsp3) is 0.333. The summed E-state index contributed by atoms with van der Waals surface area (Å²) in [6.45, 7) is 4.98. The number of aryl methyl sites for hydroxylation is 4. The van der Waals surface area contributed by atoms with Gasteiger partial charge in [-0.05, 0) is 31.5 Å². The summed E-state index contributed by atoms with van der Waals surface area (Å²) in [7, 11) is 0. The van der Waals surface area contributed by atoms with Crippen LogP contribution in [0.5, 0.6) is 0 Å². The van der Waals surface area contributed by atoms with Crippen molar-refractivity contribution in [2.45, 2.75) is 32.7 Å². The molecule has 5 heteroatoms. The van der Waals surface area contributed by atoms with Gasteiger partial charge in [0.1, 0.15) is 5.82 Å². The molecule has 0 aliphatic rings. The highest BCUT2D eigenvalue weighted by Crippen LogP contribution is 2.20. The van der Waals surface area contributed by atoms with Crippen molar-refractivity contribution in [1.82, 2.24) is 14.5 Å². The molecule has 2 aromatic heterocycles. The lowest BCUT2D eigenvalue weighted by molar-refractivity contribution is 0.680. The van der Waals surface area contributed by atoms with Gasteiger partial charge in [0.05, 0.1) is 27.6 Å². The number of benzene rings is 1. The molecule has 0 radical (unpaired) electrons. The summed E-state index contributed by atoms with van der Waals surface area (Å²) in [6.07, 6.45) is 0.910. The Morgan fingerprint density at radius 1 is 1.25 bits per heavy atom. The number of hydrogen-bond donors (Lipinski definition) is 0. The van der Waals surface area contributed by atoms with E-state index in [1.807, 2.05) is 6.92 Å². The van der Waals surface area contributed by atoms with Crippen molar-refractivity contribution in [3.8, 4) is 0 Å². The Balaban J connectivity index is 1.93. The molecule has 0 bridgehead atoms. The van der Waals surface area contributed by atoms with Gasteiger partial charge in [0, 0.05) is 18.3 Å². The van der Waals surface area contributed by atoms with Crippen LogP contribution < -0.4 is 0 Å². The molecule has 3 aromatic rings. The molecule has 0 aliphatic heterocycles. The molecule has 20 heavy (non-hydrogen) atoms. The molecule has 1 aromatic carbocycles. The number of rotatable bonds is 4. The number of hydrogen-bond acceptors (Lipinski definition) is 3. The van der Waals surface area contributed by atoms with Gasteiger partial charge in [0.25, 0.3) is 0 Å². The largest absolute Gasteiger partial charge is 0.327 e. The van der Waals surface area contributed by atoms with Crippen LogP contribution in [0.15, 0.2) is 23.6 Å². The van der Waals surface area contributed by atoms with Crippen LogP contribution in [-0.4, -0.2) is 14.5 Å². The Bertz CT molecular complexity index is 745. The number of nitrogens with zero attached hydrogens (tertiary/aromatic N) is 3. The number of alkyl halides is 1. The van der Waals surface area contributed by atoms with E-state index in [-0.39, 0.29) is 0 Å². The molecule has 0 unspecified atom stereocenters. The summed E-state index contributed by atoms with van der Waals surface area (Å²) in [5.74, 6) is 1.36. The maximum absolute atomic E-state index is 6.03. The highest BCUT2D eigenvalue weighted by atomic mass is 35.5. The van der Waals surface area contributed by atoms with E-state index in [0.29, 0.717) is 5.88 Å². The average molecular weight is 306 g/mol. The monoisotopic (exact) mass is 305 g/mol. The molecule has 3 rings (SSSR count). The molecular formula is C15H16ClN3S. The Morgan fingerprint density at radius 3 is 2.80 bits per heavy atom. The summed E-state index contributed by atoms with van der Waals surface area (Å²) in [5.41, 5.74) is 4.54. The second-order valence-electron chi connectivity index (χ2n) is 4.91. The van der Waals surface area contributed by atoms with Crippen LogP contribution in [0.25, 0.3) is 11.0 Å². The van der Waals surface area contributed by atoms with Crippen LogP contribution in [0, 0.1) is 13.8 Å². The van der Waals surface area contributed by atoms with E-state index in [9.17, 15) is 0 Å². The van der Waals surface area contributed by atoms with Crippen molar-refractivity contribution in [3.05, 3.63) is 45.7 Å². The predicted octanol–water partition coefficient (Wildman–Crippen LogP) is 4.09. The third-order valence-corrected chi connectivity index (χ3v) is 4.42. The standard InChI is InChI=1S/C15H16ClN3S/c1-10-3-4-14-13(7-10)18-15(8-16)19(14)6-5-12-9-20-11(2)17-12/h3-4,7,9H,5-6,8H2,1-2H3. The molecule has 0 amide bonds. The normalized spacial score (nSPS) is 11.3. The lowest BCUT2D eigenvalue weighted by atomic mass is 10.2. The van der Waals surface area contributed by atoms with Crippen LogP contribution in [0.3, 0.4) is 0 Å². The van der Waals surface area contributed by atoms with Crippen LogP contribution in [0.4, 0.5) is 0 Å². The minimum absolute atomic E-state index is 0.434. The van der Waals surface area contributed by atoms with Crippen molar-refractivity contribution in [2.75, 3.05) is 0 Å². The van der Waals surface area contributed by atoms with Gasteiger partial charge in [0.15, 0.2) is 0 Å². The highest BCUT2D eigenvalue weighted by Gasteiger charge is 2.10. The van der Waals surface area contributed by atoms with Crippen LogP contribution >= 0.6 is 22.9 Å². The first-order valence-electron chi connectivity index (χ1n) is 6.60. The smallest absolute Gasteiger partial charge is 0.124 e. The van der Waals surface area contributed by atoms with E-state index in [1.165, 1.54) is 5.56 Å². The van der Waals surface area contributed by atoms with Gasteiger partial charge in [-0.2, -0.15) is 0 Å². The summed E-state index contributed by atoms with van der Waals surface area (Å²) in [4.78, 5) is 9.13. The van der Waals surface area contributed by atoms with Gasteiger partial charge in [0.2, 0.25) is 0 Å². The van der Waals surface area contributed by atoms with Crippen molar-refractivity contribution >= 4 is 34.0 Å². The molecule has 0 fully saturated rings. The molecule has 0 atom stereocenters. The summed E-state index contributed by atoms with van der Waals surface area (Å²) < 4.78 is 2.20. The molecular weight excluding hydrogens is 290 g/mol. The zero-order valence-electron chi connectivity index (χ0n) is 11.6. The molecule has 3 nitrogen and oxygen atoms in total. The van der Waals surface area contributed by atoms with Gasteiger partial charge < -0.3 is 4.57 Å². The molecule has 0 N–H and O–H groups in total. The first-order chi connectivity index (χ1) is 9.67. The van der Waals surface area contributed by atoms with E-state index in [1.54, 1.807) is 11.3 Å². The van der Waals surface area contributed by atoms with Gasteiger partial charge in [-0.15, -0.1) is 22.9 Å². The first-order valence-corrected chi connectivity index (χ1v) is 8.01. The van der Waals surface area contributed by atoms with E-state index in [4.69, 9.17) is 11.6 Å². The van der Waals surface area contributed by atoms with Crippen molar-refractivity contribution < 1.29 is 0 Å². The summed E-state index contributed by atoms with van der Waals surface area (Å²) in [6, 6.07) is 6.35. The van der Waals surface area contributed by atoms with Gasteiger partial charge in [-0.1, -0.05) is 6.07 Å². The van der Waals surface area contributed by atoms with E-state index >= 15 is 0 Å². The SMILES string of the molecule is Cc1ccc2c(c1)nc(CCl)n2CCc1csc(C)n1. The maximum atomic E-state index is 6.03. The molecule has 0 spiro atoms. The highest BCUT2D eigenvalue weighted by molar-refractivity contribution is 7.09. The van der Waals surface area contributed by atoms with Gasteiger partial charge in [-0.25, -0.2) is 9.97 Å². The van der Waals surface area contributed by atoms with Crippen molar-refractivity contribution in [1.29, 1.82) is 0 Å². The van der Waals surface area contributed by atoms with Crippen LogP contribution in [0.1, 0.15) is 22.1 Å². The Hall–Kier alpha value is -1.39. The van der Waals surface area contributed by atoms with Crippen LogP contribution in [0.2, 0.25) is 0 Å². The Labute approximate surface area is 127 Å². The lowest BCUT2D eigenvalue weighted by Crippen LogP contribution is -2.05. The van der Waals surface area contributed by atoms with Gasteiger partial charge in [-0.3, -0.25) is 0 Å². The molecule has 0 saturated carbocycles. The Kier molecular flexibility index (Phi) is 3.76. The second kappa shape index (κ2) is 5.54. The quantitative estimate of drug-likeness (QED) is 0.680. The molecule has 104 valence electrons. The van der Waals surface area contributed by atoms with Crippen LogP contribution in [-0.2, 0) is 18.8 Å². The van der Waals surface area contributed by atoms with Crippen molar-refractivity contribution in [3.63, 3.8) is 0 Å². The summed E-state index contributed by atoms with van der Waals surface area (Å²) in [5, 5.41) is 3.24. The van der Waals surface area contributed by atoms with E-state index < -0.39 is 0 Å². The third-order valence-electron chi connectivity index (χ3n) is 3.36. The molecule has 0 saturated heterocycles. The maximum Gasteiger partial charge on any atom is 0.124 e. The minimum Gasteiger partial charge on any atom is -0.327 e. The lowest BCUT2D eigenvalue weighted by Gasteiger charge is -2.06. The predicted molar refractivity (Wildman–Crippen MR) is 84.6 cm³/mol. The third kappa shape index (κ3) is 2.58.